The van der Waals surface area contributed by atoms with Crippen molar-refractivity contribution in [2.45, 2.75) is 44.8 Å². The average molecular weight is 395 g/mol. The number of nitrogens with one attached hydrogen (secondary N) is 1. The molecule has 1 heterocycles. The molecule has 0 spiro atoms. The lowest BCUT2D eigenvalue weighted by Gasteiger charge is -2.15. The van der Waals surface area contributed by atoms with Crippen LogP contribution in [0.15, 0.2) is 59.8 Å². The Bertz CT molecular complexity index is 923. The normalized spacial score (nSPS) is 12.0. The van der Waals surface area contributed by atoms with Gasteiger partial charge in [0.05, 0.1) is 5.75 Å². The summed E-state index contributed by atoms with van der Waals surface area (Å²) >= 11 is 1.41. The van der Waals surface area contributed by atoms with Crippen LogP contribution in [0.2, 0.25) is 0 Å². The zero-order valence-corrected chi connectivity index (χ0v) is 17.4. The molecule has 0 unspecified atom stereocenters. The fraction of sp³-hybridized carbons (Fsp3) is 0.318. The number of para-hydroxylation sites is 1. The van der Waals surface area contributed by atoms with E-state index in [1.165, 1.54) is 17.3 Å². The van der Waals surface area contributed by atoms with Crippen LogP contribution in [-0.4, -0.2) is 26.4 Å². The molecule has 0 aliphatic rings. The summed E-state index contributed by atoms with van der Waals surface area (Å²) in [6.45, 7) is 7.13. The fourth-order valence-electron chi connectivity index (χ4n) is 3.06. The number of rotatable bonds is 8. The predicted octanol–water partition coefficient (Wildman–Crippen LogP) is 5.21. The Morgan fingerprint density at radius 1 is 1.07 bits per heavy atom. The minimum atomic E-state index is -0.0346. The maximum absolute atomic E-state index is 12.5. The molecule has 1 N–H and O–H groups in total. The third-order valence-electron chi connectivity index (χ3n) is 4.78. The fourth-order valence-corrected chi connectivity index (χ4v) is 3.86. The summed E-state index contributed by atoms with van der Waals surface area (Å²) in [5.74, 6) is 1.49. The van der Waals surface area contributed by atoms with Gasteiger partial charge in [-0.25, -0.2) is 0 Å². The lowest BCUT2D eigenvalue weighted by Crippen LogP contribution is -2.16. The first-order valence-corrected chi connectivity index (χ1v) is 10.6. The van der Waals surface area contributed by atoms with Crippen LogP contribution in [0.5, 0.6) is 0 Å². The van der Waals surface area contributed by atoms with Gasteiger partial charge in [-0.15, -0.1) is 10.2 Å². The van der Waals surface area contributed by atoms with Crippen molar-refractivity contribution >= 4 is 23.4 Å². The van der Waals surface area contributed by atoms with Crippen LogP contribution in [0.4, 0.5) is 5.69 Å². The van der Waals surface area contributed by atoms with Crippen LogP contribution in [0.25, 0.3) is 11.4 Å². The van der Waals surface area contributed by atoms with Crippen molar-refractivity contribution in [1.29, 1.82) is 0 Å². The first kappa shape index (κ1) is 20.1. The molecule has 3 rings (SSSR count). The van der Waals surface area contributed by atoms with Crippen LogP contribution in [0.1, 0.15) is 38.7 Å². The summed E-state index contributed by atoms with van der Waals surface area (Å²) in [5, 5.41) is 12.4. The minimum absolute atomic E-state index is 0.0346. The smallest absolute Gasteiger partial charge is 0.234 e. The van der Waals surface area contributed by atoms with E-state index in [0.717, 1.165) is 35.2 Å². The number of hydrogen-bond acceptors (Lipinski definition) is 4. The summed E-state index contributed by atoms with van der Waals surface area (Å²) in [6.07, 6.45) is 1.03. The van der Waals surface area contributed by atoms with Crippen molar-refractivity contribution in [1.82, 2.24) is 14.8 Å². The first-order chi connectivity index (χ1) is 13.6. The number of hydrogen-bond donors (Lipinski definition) is 1. The number of benzene rings is 2. The SMILES string of the molecule is CC[C@H](C)c1ccccc1NC(=O)CSc1nnc(-c2ccccc2)n1CC. The van der Waals surface area contributed by atoms with Crippen molar-refractivity contribution in [2.75, 3.05) is 11.1 Å². The highest BCUT2D eigenvalue weighted by molar-refractivity contribution is 7.99. The second-order valence-corrected chi connectivity index (χ2v) is 7.59. The molecule has 3 aromatic rings. The maximum Gasteiger partial charge on any atom is 0.234 e. The molecular weight excluding hydrogens is 368 g/mol. The lowest BCUT2D eigenvalue weighted by atomic mass is 9.97. The van der Waals surface area contributed by atoms with Gasteiger partial charge in [-0.1, -0.05) is 74.1 Å². The van der Waals surface area contributed by atoms with Gasteiger partial charge >= 0.3 is 0 Å². The van der Waals surface area contributed by atoms with E-state index in [1.54, 1.807) is 0 Å². The summed E-state index contributed by atoms with van der Waals surface area (Å²) in [6, 6.07) is 18.0. The Morgan fingerprint density at radius 2 is 1.79 bits per heavy atom. The van der Waals surface area contributed by atoms with E-state index in [1.807, 2.05) is 53.1 Å². The molecule has 6 heteroatoms. The Morgan fingerprint density at radius 3 is 2.50 bits per heavy atom. The monoisotopic (exact) mass is 394 g/mol. The topological polar surface area (TPSA) is 59.8 Å². The molecule has 0 aliphatic heterocycles. The van der Waals surface area contributed by atoms with E-state index in [0.29, 0.717) is 11.7 Å². The number of amides is 1. The van der Waals surface area contributed by atoms with Crippen molar-refractivity contribution in [3.63, 3.8) is 0 Å². The highest BCUT2D eigenvalue weighted by Crippen LogP contribution is 2.27. The van der Waals surface area contributed by atoms with Gasteiger partial charge in [0.15, 0.2) is 11.0 Å². The largest absolute Gasteiger partial charge is 0.325 e. The molecule has 5 nitrogen and oxygen atoms in total. The molecule has 146 valence electrons. The molecule has 0 fully saturated rings. The molecular formula is C22H26N4OS. The average Bonchev–Trinajstić information content (AvgIpc) is 3.15. The number of carbonyl (C=O) groups excluding carboxylic acids is 1. The zero-order valence-electron chi connectivity index (χ0n) is 16.6. The van der Waals surface area contributed by atoms with Gasteiger partial charge in [0.2, 0.25) is 5.91 Å². The van der Waals surface area contributed by atoms with Gasteiger partial charge in [0, 0.05) is 17.8 Å². The molecule has 0 radical (unpaired) electrons. The predicted molar refractivity (Wildman–Crippen MR) is 116 cm³/mol. The molecule has 28 heavy (non-hydrogen) atoms. The van der Waals surface area contributed by atoms with E-state index in [4.69, 9.17) is 0 Å². The van der Waals surface area contributed by atoms with Gasteiger partial charge in [-0.2, -0.15) is 0 Å². The van der Waals surface area contributed by atoms with Crippen LogP contribution >= 0.6 is 11.8 Å². The lowest BCUT2D eigenvalue weighted by molar-refractivity contribution is -0.113. The summed E-state index contributed by atoms with van der Waals surface area (Å²) in [7, 11) is 0. The summed E-state index contributed by atoms with van der Waals surface area (Å²) in [4.78, 5) is 12.5. The third kappa shape index (κ3) is 4.62. The van der Waals surface area contributed by atoms with E-state index >= 15 is 0 Å². The second kappa shape index (κ2) is 9.55. The van der Waals surface area contributed by atoms with Crippen molar-refractivity contribution in [2.24, 2.45) is 0 Å². The molecule has 1 aromatic heterocycles. The van der Waals surface area contributed by atoms with E-state index in [-0.39, 0.29) is 5.91 Å². The highest BCUT2D eigenvalue weighted by atomic mass is 32.2. The molecule has 0 bridgehead atoms. The quantitative estimate of drug-likeness (QED) is 0.533. The number of thioether (sulfide) groups is 1. The summed E-state index contributed by atoms with van der Waals surface area (Å²) in [5.41, 5.74) is 3.09. The van der Waals surface area contributed by atoms with Crippen molar-refractivity contribution in [3.8, 4) is 11.4 Å². The van der Waals surface area contributed by atoms with Gasteiger partial charge < -0.3 is 9.88 Å². The Balaban J connectivity index is 1.68. The molecule has 1 amide bonds. The van der Waals surface area contributed by atoms with Gasteiger partial charge in [0.25, 0.3) is 0 Å². The van der Waals surface area contributed by atoms with E-state index < -0.39 is 0 Å². The van der Waals surface area contributed by atoms with Crippen LogP contribution in [0.3, 0.4) is 0 Å². The van der Waals surface area contributed by atoms with Crippen molar-refractivity contribution in [3.05, 3.63) is 60.2 Å². The third-order valence-corrected chi connectivity index (χ3v) is 5.74. The standard InChI is InChI=1S/C22H26N4OS/c1-4-16(3)18-13-9-10-14-19(18)23-20(27)15-28-22-25-24-21(26(22)5-2)17-11-7-6-8-12-17/h6-14,16H,4-5,15H2,1-3H3,(H,23,27)/t16-/m0/s1. The van der Waals surface area contributed by atoms with Crippen molar-refractivity contribution < 1.29 is 4.79 Å². The Labute approximate surface area is 170 Å². The minimum Gasteiger partial charge on any atom is -0.325 e. The maximum atomic E-state index is 12.5. The number of carbonyl (C=O) groups is 1. The number of anilines is 1. The Hall–Kier alpha value is -2.60. The Kier molecular flexibility index (Phi) is 6.87. The van der Waals surface area contributed by atoms with Crippen LogP contribution in [-0.2, 0) is 11.3 Å². The zero-order chi connectivity index (χ0) is 19.9. The van der Waals surface area contributed by atoms with Crippen LogP contribution < -0.4 is 5.32 Å². The molecule has 1 atom stereocenters. The van der Waals surface area contributed by atoms with Crippen LogP contribution in [0, 0.1) is 0 Å². The number of aromatic nitrogens is 3. The van der Waals surface area contributed by atoms with E-state index in [2.05, 4.69) is 42.4 Å². The number of nitrogens with zero attached hydrogens (tertiary/aromatic N) is 3. The summed E-state index contributed by atoms with van der Waals surface area (Å²) < 4.78 is 2.04. The van der Waals surface area contributed by atoms with Gasteiger partial charge in [0.1, 0.15) is 0 Å². The molecule has 2 aromatic carbocycles. The molecule has 0 aliphatic carbocycles. The van der Waals surface area contributed by atoms with Gasteiger partial charge in [-0.05, 0) is 30.9 Å². The molecule has 0 saturated heterocycles. The second-order valence-electron chi connectivity index (χ2n) is 6.65. The highest BCUT2D eigenvalue weighted by Gasteiger charge is 2.15. The van der Waals surface area contributed by atoms with E-state index in [9.17, 15) is 4.79 Å². The molecule has 0 saturated carbocycles. The first-order valence-electron chi connectivity index (χ1n) is 9.64. The van der Waals surface area contributed by atoms with Gasteiger partial charge in [-0.3, -0.25) is 4.79 Å².